The molecule has 0 fully saturated rings. The molecule has 0 amide bonds. The molecule has 0 aliphatic carbocycles. The third-order valence-corrected chi connectivity index (χ3v) is 2.02. The average molecular weight is 185 g/mol. The van der Waals surface area contributed by atoms with Gasteiger partial charge in [0, 0.05) is 5.54 Å². The van der Waals surface area contributed by atoms with Gasteiger partial charge < -0.3 is 5.32 Å². The molecule has 0 rings (SSSR count). The van der Waals surface area contributed by atoms with Gasteiger partial charge in [-0.2, -0.15) is 0 Å². The molecule has 0 unspecified atom stereocenters. The third kappa shape index (κ3) is 11.7. The topological polar surface area (TPSA) is 12.0 Å². The summed E-state index contributed by atoms with van der Waals surface area (Å²) in [7, 11) is 2.02. The minimum absolute atomic E-state index is 0.290. The van der Waals surface area contributed by atoms with Crippen molar-refractivity contribution in [3.63, 3.8) is 0 Å². The van der Waals surface area contributed by atoms with Crippen molar-refractivity contribution in [3.05, 3.63) is 12.2 Å². The molecule has 0 bridgehead atoms. The Morgan fingerprint density at radius 1 is 1.15 bits per heavy atom. The summed E-state index contributed by atoms with van der Waals surface area (Å²) in [5.74, 6) is 0. The van der Waals surface area contributed by atoms with Crippen LogP contribution in [0.2, 0.25) is 0 Å². The first-order valence-corrected chi connectivity index (χ1v) is 5.46. The second kappa shape index (κ2) is 9.79. The number of allylic oxidation sites excluding steroid dienone is 2. The third-order valence-electron chi connectivity index (χ3n) is 2.02. The zero-order valence-corrected chi connectivity index (χ0v) is 10.3. The van der Waals surface area contributed by atoms with Crippen LogP contribution >= 0.6 is 0 Å². The molecular weight excluding hydrogens is 158 g/mol. The standard InChI is InChI=1S/C10H21N.C2H6/c1-5-6-7-8-9-10(2,3)11-4;1-2/h6-7,11H,5,8-9H2,1-4H3;1-2H3/b7-6+;. The van der Waals surface area contributed by atoms with Crippen molar-refractivity contribution in [1.82, 2.24) is 5.32 Å². The van der Waals surface area contributed by atoms with Gasteiger partial charge in [-0.3, -0.25) is 0 Å². The lowest BCUT2D eigenvalue weighted by atomic mass is 9.99. The number of hydrogen-bond acceptors (Lipinski definition) is 1. The molecule has 0 aromatic rings. The molecule has 0 atom stereocenters. The Hall–Kier alpha value is -0.300. The summed E-state index contributed by atoms with van der Waals surface area (Å²) in [5, 5.41) is 3.28. The van der Waals surface area contributed by atoms with Crippen LogP contribution in [0.4, 0.5) is 0 Å². The highest BCUT2D eigenvalue weighted by Crippen LogP contribution is 2.10. The summed E-state index contributed by atoms with van der Waals surface area (Å²) >= 11 is 0. The van der Waals surface area contributed by atoms with Gasteiger partial charge in [0.2, 0.25) is 0 Å². The predicted molar refractivity (Wildman–Crippen MR) is 63.2 cm³/mol. The van der Waals surface area contributed by atoms with Gasteiger partial charge in [-0.05, 0) is 40.2 Å². The Morgan fingerprint density at radius 2 is 1.69 bits per heavy atom. The van der Waals surface area contributed by atoms with Crippen LogP contribution in [0.15, 0.2) is 12.2 Å². The van der Waals surface area contributed by atoms with E-state index in [0.29, 0.717) is 0 Å². The summed E-state index contributed by atoms with van der Waals surface area (Å²) in [6, 6.07) is 0. The van der Waals surface area contributed by atoms with Crippen LogP contribution < -0.4 is 5.32 Å². The maximum atomic E-state index is 3.28. The van der Waals surface area contributed by atoms with Crippen LogP contribution in [0.1, 0.15) is 53.9 Å². The average Bonchev–Trinajstić information content (AvgIpc) is 2.16. The fourth-order valence-electron chi connectivity index (χ4n) is 0.854. The zero-order chi connectivity index (χ0) is 10.7. The minimum atomic E-state index is 0.290. The summed E-state index contributed by atoms with van der Waals surface area (Å²) < 4.78 is 0. The van der Waals surface area contributed by atoms with Gasteiger partial charge in [-0.15, -0.1) is 0 Å². The largest absolute Gasteiger partial charge is 0.315 e. The maximum absolute atomic E-state index is 3.28. The van der Waals surface area contributed by atoms with Crippen LogP contribution in [-0.2, 0) is 0 Å². The van der Waals surface area contributed by atoms with E-state index in [4.69, 9.17) is 0 Å². The Labute approximate surface area is 84.6 Å². The molecule has 80 valence electrons. The molecule has 0 saturated heterocycles. The molecule has 0 saturated carbocycles. The molecule has 1 nitrogen and oxygen atoms in total. The maximum Gasteiger partial charge on any atom is 0.0125 e. The van der Waals surface area contributed by atoms with Crippen molar-refractivity contribution in [2.75, 3.05) is 7.05 Å². The first-order chi connectivity index (χ1) is 6.12. The Bertz CT molecular complexity index is 114. The second-order valence-corrected chi connectivity index (χ2v) is 3.55. The molecule has 0 heterocycles. The monoisotopic (exact) mass is 185 g/mol. The number of rotatable bonds is 5. The summed E-state index contributed by atoms with van der Waals surface area (Å²) in [6.07, 6.45) is 8.03. The fraction of sp³-hybridized carbons (Fsp3) is 0.833. The molecule has 1 heteroatoms. The lowest BCUT2D eigenvalue weighted by molar-refractivity contribution is 0.396. The van der Waals surface area contributed by atoms with Crippen LogP contribution in [-0.4, -0.2) is 12.6 Å². The highest BCUT2D eigenvalue weighted by Gasteiger charge is 2.11. The zero-order valence-electron chi connectivity index (χ0n) is 10.3. The van der Waals surface area contributed by atoms with Crippen molar-refractivity contribution in [2.45, 2.75) is 59.4 Å². The quantitative estimate of drug-likeness (QED) is 0.643. The van der Waals surface area contributed by atoms with Gasteiger partial charge in [-0.1, -0.05) is 32.9 Å². The van der Waals surface area contributed by atoms with E-state index in [0.717, 1.165) is 6.42 Å². The van der Waals surface area contributed by atoms with E-state index in [9.17, 15) is 0 Å². The van der Waals surface area contributed by atoms with E-state index in [1.54, 1.807) is 0 Å². The Morgan fingerprint density at radius 3 is 2.08 bits per heavy atom. The van der Waals surface area contributed by atoms with Gasteiger partial charge in [0.05, 0.1) is 0 Å². The highest BCUT2D eigenvalue weighted by atomic mass is 14.9. The first kappa shape index (κ1) is 15.2. The van der Waals surface area contributed by atoms with Crippen molar-refractivity contribution >= 4 is 0 Å². The summed E-state index contributed by atoms with van der Waals surface area (Å²) in [6.45, 7) is 10.6. The lowest BCUT2D eigenvalue weighted by Crippen LogP contribution is -2.35. The highest BCUT2D eigenvalue weighted by molar-refractivity contribution is 4.85. The Balaban J connectivity index is 0. The molecule has 0 aromatic heterocycles. The van der Waals surface area contributed by atoms with Gasteiger partial charge in [0.15, 0.2) is 0 Å². The summed E-state index contributed by atoms with van der Waals surface area (Å²) in [4.78, 5) is 0. The fourth-order valence-corrected chi connectivity index (χ4v) is 0.854. The van der Waals surface area contributed by atoms with Crippen molar-refractivity contribution in [1.29, 1.82) is 0 Å². The molecule has 0 aliphatic rings. The van der Waals surface area contributed by atoms with Crippen LogP contribution in [0.5, 0.6) is 0 Å². The van der Waals surface area contributed by atoms with E-state index in [-0.39, 0.29) is 5.54 Å². The van der Waals surface area contributed by atoms with Crippen molar-refractivity contribution in [2.24, 2.45) is 0 Å². The molecule has 0 aromatic carbocycles. The number of hydrogen-bond donors (Lipinski definition) is 1. The number of nitrogens with one attached hydrogen (secondary N) is 1. The van der Waals surface area contributed by atoms with Gasteiger partial charge in [0.1, 0.15) is 0 Å². The second-order valence-electron chi connectivity index (χ2n) is 3.55. The SMILES string of the molecule is CC.CC/C=C/CCC(C)(C)NC. The smallest absolute Gasteiger partial charge is 0.0125 e. The molecular formula is C12H27N. The van der Waals surface area contributed by atoms with Gasteiger partial charge in [-0.25, -0.2) is 0 Å². The molecule has 13 heavy (non-hydrogen) atoms. The van der Waals surface area contributed by atoms with Gasteiger partial charge >= 0.3 is 0 Å². The first-order valence-electron chi connectivity index (χ1n) is 5.46. The van der Waals surface area contributed by atoms with Crippen LogP contribution in [0, 0.1) is 0 Å². The molecule has 1 N–H and O–H groups in total. The van der Waals surface area contributed by atoms with Crippen molar-refractivity contribution < 1.29 is 0 Å². The van der Waals surface area contributed by atoms with Crippen molar-refractivity contribution in [3.8, 4) is 0 Å². The van der Waals surface area contributed by atoms with E-state index in [1.807, 2.05) is 20.9 Å². The summed E-state index contributed by atoms with van der Waals surface area (Å²) in [5.41, 5.74) is 0.290. The minimum Gasteiger partial charge on any atom is -0.315 e. The van der Waals surface area contributed by atoms with E-state index in [1.165, 1.54) is 12.8 Å². The molecule has 0 radical (unpaired) electrons. The normalized spacial score (nSPS) is 11.2. The van der Waals surface area contributed by atoms with E-state index >= 15 is 0 Å². The molecule has 0 spiro atoms. The van der Waals surface area contributed by atoms with E-state index < -0.39 is 0 Å². The van der Waals surface area contributed by atoms with E-state index in [2.05, 4.69) is 38.2 Å². The Kier molecular flexibility index (Phi) is 11.4. The lowest BCUT2D eigenvalue weighted by Gasteiger charge is -2.22. The predicted octanol–water partition coefficient (Wildman–Crippen LogP) is 3.76. The molecule has 0 aliphatic heterocycles. The van der Waals surface area contributed by atoms with Gasteiger partial charge in [0.25, 0.3) is 0 Å². The van der Waals surface area contributed by atoms with Crippen LogP contribution in [0.3, 0.4) is 0 Å². The van der Waals surface area contributed by atoms with Crippen LogP contribution in [0.25, 0.3) is 0 Å².